The zero-order valence-electron chi connectivity index (χ0n) is 18.8. The fraction of sp³-hybridized carbons (Fsp3) is 0.217. The van der Waals surface area contributed by atoms with Crippen molar-refractivity contribution in [2.75, 3.05) is 25.1 Å². The number of aromatic nitrogens is 3. The maximum atomic E-state index is 8.58. The molecule has 4 aromatic heterocycles. The molecule has 7 nitrogen and oxygen atoms in total. The van der Waals surface area contributed by atoms with E-state index in [4.69, 9.17) is 14.5 Å². The van der Waals surface area contributed by atoms with Crippen molar-refractivity contribution < 1.29 is 50.4 Å². The number of ether oxygens (including phenoxy) is 1. The van der Waals surface area contributed by atoms with Crippen LogP contribution in [0.15, 0.2) is 36.5 Å². The minimum Gasteiger partial charge on any atom is -0.494 e. The number of thiophene rings is 1. The van der Waals surface area contributed by atoms with Gasteiger partial charge in [-0.25, -0.2) is 9.50 Å². The van der Waals surface area contributed by atoms with Crippen LogP contribution in [0.1, 0.15) is 12.1 Å². The molecule has 0 atom stereocenters. The molecule has 2 N–H and O–H groups in total. The van der Waals surface area contributed by atoms with Crippen molar-refractivity contribution in [3.63, 3.8) is 0 Å². The molecule has 1 aliphatic rings. The van der Waals surface area contributed by atoms with Gasteiger partial charge in [-0.05, 0) is 43.8 Å². The second-order valence-electron chi connectivity index (χ2n) is 6.74. The molecule has 9 heteroatoms. The van der Waals surface area contributed by atoms with Crippen LogP contribution in [0.3, 0.4) is 0 Å². The molecule has 1 aliphatic heterocycles. The van der Waals surface area contributed by atoms with Crippen molar-refractivity contribution in [3.05, 3.63) is 63.5 Å². The van der Waals surface area contributed by atoms with E-state index in [9.17, 15) is 0 Å². The van der Waals surface area contributed by atoms with E-state index in [1.807, 2.05) is 17.6 Å². The third-order valence-electron chi connectivity index (χ3n) is 4.81. The maximum Gasteiger partial charge on any atom is 3.00 e. The number of carbonyl (C=O) groups is 1. The van der Waals surface area contributed by atoms with Gasteiger partial charge in [0.05, 0.1) is 24.5 Å². The zero-order chi connectivity index (χ0) is 20.4. The van der Waals surface area contributed by atoms with Gasteiger partial charge in [0.25, 0.3) is 0 Å². The fourth-order valence-corrected chi connectivity index (χ4v) is 4.56. The second kappa shape index (κ2) is 12.5. The van der Waals surface area contributed by atoms with Gasteiger partial charge in [-0.3, -0.25) is 4.79 Å². The van der Waals surface area contributed by atoms with Crippen LogP contribution in [-0.4, -0.2) is 41.2 Å². The molecule has 4 aromatic rings. The molecule has 0 spiro atoms. The molecule has 5 rings (SSSR count). The van der Waals surface area contributed by atoms with Gasteiger partial charge in [0.2, 0.25) is 6.41 Å². The minimum absolute atomic E-state index is 0. The molecule has 0 aromatic carbocycles. The molecule has 0 saturated carbocycles. The third-order valence-corrected chi connectivity index (χ3v) is 5.89. The smallest absolute Gasteiger partial charge is 0.494 e. The van der Waals surface area contributed by atoms with Crippen molar-refractivity contribution >= 4 is 39.3 Å². The van der Waals surface area contributed by atoms with Crippen LogP contribution in [0.25, 0.3) is 26.2 Å². The van der Waals surface area contributed by atoms with E-state index in [0.717, 1.165) is 57.6 Å². The van der Waals surface area contributed by atoms with Crippen molar-refractivity contribution in [1.29, 1.82) is 0 Å². The van der Waals surface area contributed by atoms with E-state index in [2.05, 4.69) is 52.5 Å². The first-order valence-corrected chi connectivity index (χ1v) is 10.1. The minimum atomic E-state index is 0. The summed E-state index contributed by atoms with van der Waals surface area (Å²) in [6, 6.07) is 10.7. The normalized spacial score (nSPS) is 12.2. The number of carbonyl (C=O) groups excluding carboxylic acids is 1. The van der Waals surface area contributed by atoms with Crippen LogP contribution < -0.4 is 15.4 Å². The Balaban J connectivity index is 0.000000811. The average molecular weight is 583 g/mol. The SMILES string of the molecule is COc1cn2nc(C)cc2cc1-c1cc2ccc(N3C[CH-]CC3)nc2s1.NC=O.[CH3-].[CH3-].[Nd+3]. The molecule has 0 aliphatic carbocycles. The van der Waals surface area contributed by atoms with Gasteiger partial charge in [0, 0.05) is 15.8 Å². The zero-order valence-corrected chi connectivity index (χ0v) is 22.9. The number of anilines is 1. The Kier molecular flexibility index (Phi) is 11.0. The van der Waals surface area contributed by atoms with Crippen LogP contribution in [0.5, 0.6) is 5.75 Å². The van der Waals surface area contributed by atoms with E-state index in [1.165, 1.54) is 5.39 Å². The molecular formula is C23H28N5NdO2S. The Morgan fingerprint density at radius 2 is 2.00 bits per heavy atom. The van der Waals surface area contributed by atoms with Crippen molar-refractivity contribution in [1.82, 2.24) is 14.6 Å². The molecule has 0 bridgehead atoms. The summed E-state index contributed by atoms with van der Waals surface area (Å²) in [6.07, 6.45) is 5.64. The molecule has 1 radical (unpaired) electrons. The number of rotatable bonds is 3. The molecule has 1 amide bonds. The predicted octanol–water partition coefficient (Wildman–Crippen LogP) is 4.34. The van der Waals surface area contributed by atoms with Crippen molar-refractivity contribution in [3.8, 4) is 16.2 Å². The number of hydrogen-bond donors (Lipinski definition) is 1. The number of aryl methyl sites for hydroxylation is 1. The average Bonchev–Trinajstić information content (AvgIpc) is 3.44. The number of nitrogens with zero attached hydrogens (tertiary/aromatic N) is 4. The number of methoxy groups -OCH3 is 1. The molecule has 1 fully saturated rings. The summed E-state index contributed by atoms with van der Waals surface area (Å²) in [6.45, 7) is 4.05. The largest absolute Gasteiger partial charge is 3.00 e. The Morgan fingerprint density at radius 3 is 2.66 bits per heavy atom. The summed E-state index contributed by atoms with van der Waals surface area (Å²) in [4.78, 5) is 18.0. The van der Waals surface area contributed by atoms with Crippen LogP contribution in [0.4, 0.5) is 5.82 Å². The van der Waals surface area contributed by atoms with Crippen LogP contribution in [0, 0.1) is 69.0 Å². The van der Waals surface area contributed by atoms with Gasteiger partial charge in [0.1, 0.15) is 16.4 Å². The summed E-state index contributed by atoms with van der Waals surface area (Å²) in [5.74, 6) is 1.88. The molecule has 5 heterocycles. The van der Waals surface area contributed by atoms with E-state index in [1.54, 1.807) is 18.4 Å². The van der Waals surface area contributed by atoms with Gasteiger partial charge in [0.15, 0.2) is 0 Å². The monoisotopic (exact) mass is 580 g/mol. The van der Waals surface area contributed by atoms with Gasteiger partial charge >= 0.3 is 40.8 Å². The number of amides is 1. The molecule has 32 heavy (non-hydrogen) atoms. The molecule has 0 unspecified atom stereocenters. The Labute approximate surface area is 226 Å². The topological polar surface area (TPSA) is 85.8 Å². The summed E-state index contributed by atoms with van der Waals surface area (Å²) < 4.78 is 7.50. The first kappa shape index (κ1) is 28.3. The van der Waals surface area contributed by atoms with Gasteiger partial charge in [-0.1, -0.05) is 0 Å². The maximum absolute atomic E-state index is 8.58. The van der Waals surface area contributed by atoms with Gasteiger partial charge in [-0.2, -0.15) is 11.5 Å². The first-order valence-electron chi connectivity index (χ1n) is 9.30. The first-order chi connectivity index (χ1) is 14.1. The fourth-order valence-electron chi connectivity index (χ4n) is 3.51. The Hall–Kier alpha value is -1.78. The van der Waals surface area contributed by atoms with Crippen LogP contribution in [0.2, 0.25) is 0 Å². The summed E-state index contributed by atoms with van der Waals surface area (Å²) in [7, 11) is 1.70. The summed E-state index contributed by atoms with van der Waals surface area (Å²) >= 11 is 1.71. The number of pyridine rings is 2. The predicted molar refractivity (Wildman–Crippen MR) is 129 cm³/mol. The van der Waals surface area contributed by atoms with Crippen LogP contribution in [-0.2, 0) is 4.79 Å². The molecular weight excluding hydrogens is 555 g/mol. The van der Waals surface area contributed by atoms with Crippen molar-refractivity contribution in [2.45, 2.75) is 13.3 Å². The number of nitrogens with two attached hydrogens (primary N) is 1. The van der Waals surface area contributed by atoms with Gasteiger partial charge < -0.3 is 36.6 Å². The van der Waals surface area contributed by atoms with Crippen LogP contribution >= 0.6 is 11.3 Å². The van der Waals surface area contributed by atoms with E-state index in [-0.39, 0.29) is 62.1 Å². The number of fused-ring (bicyclic) bond motifs is 2. The van der Waals surface area contributed by atoms with Gasteiger partial charge in [-0.15, -0.1) is 17.9 Å². The standard InChI is InChI=1S/C20H19N4OS.CH3NO.2CH3.Nd/c1-13-9-15-11-16(17(25-2)12-24(15)22-13)18-10-14-5-6-19(21-20(14)26-18)23-7-3-4-8-23;2-1-3;;;/h3,5-6,9-12H,4,7-8H2,1-2H3;1H,(H2,2,3);2*1H3;/q-1;;2*-1;+3. The van der Waals surface area contributed by atoms with Crippen molar-refractivity contribution in [2.24, 2.45) is 5.73 Å². The Morgan fingerprint density at radius 1 is 1.25 bits per heavy atom. The van der Waals surface area contributed by atoms with E-state index < -0.39 is 0 Å². The summed E-state index contributed by atoms with van der Waals surface area (Å²) in [5.41, 5.74) is 7.31. The number of hydrogen-bond acceptors (Lipinski definition) is 6. The second-order valence-corrected chi connectivity index (χ2v) is 7.78. The third kappa shape index (κ3) is 5.77. The summed E-state index contributed by atoms with van der Waals surface area (Å²) in [5, 5.41) is 5.64. The molecule has 167 valence electrons. The quantitative estimate of drug-likeness (QED) is 0.287. The number of primary amides is 1. The van der Waals surface area contributed by atoms with E-state index in [0.29, 0.717) is 0 Å². The van der Waals surface area contributed by atoms with E-state index >= 15 is 0 Å². The Bertz CT molecular complexity index is 1170. The molecule has 1 saturated heterocycles.